The van der Waals surface area contributed by atoms with E-state index in [0.29, 0.717) is 12.0 Å². The lowest BCUT2D eigenvalue weighted by Crippen LogP contribution is -2.35. The number of halogens is 1. The average Bonchev–Trinajstić information content (AvgIpc) is 2.46. The van der Waals surface area contributed by atoms with E-state index in [-0.39, 0.29) is 11.6 Å². The molecular formula is C17H24FNO. The second-order valence-corrected chi connectivity index (χ2v) is 5.76. The molecule has 1 aliphatic heterocycles. The van der Waals surface area contributed by atoms with Crippen molar-refractivity contribution in [3.8, 4) is 0 Å². The lowest BCUT2D eigenvalue weighted by atomic mass is 9.92. The molecule has 1 aliphatic rings. The van der Waals surface area contributed by atoms with Gasteiger partial charge in [-0.05, 0) is 44.0 Å². The minimum Gasteiger partial charge on any atom is -0.303 e. The first-order valence-electron chi connectivity index (χ1n) is 7.70. The molecule has 1 fully saturated rings. The highest BCUT2D eigenvalue weighted by atomic mass is 19.1. The average molecular weight is 277 g/mol. The summed E-state index contributed by atoms with van der Waals surface area (Å²) < 4.78 is 13.1. The van der Waals surface area contributed by atoms with E-state index in [1.54, 1.807) is 12.1 Å². The van der Waals surface area contributed by atoms with Crippen LogP contribution in [0.15, 0.2) is 24.3 Å². The van der Waals surface area contributed by atoms with Crippen LogP contribution in [-0.2, 0) is 0 Å². The Hall–Kier alpha value is -1.22. The topological polar surface area (TPSA) is 20.3 Å². The number of Topliss-reactive ketones (excluding diaryl/α,β-unsaturated/α-hetero) is 1. The van der Waals surface area contributed by atoms with Gasteiger partial charge < -0.3 is 4.90 Å². The molecule has 0 aliphatic carbocycles. The third-order valence-corrected chi connectivity index (χ3v) is 4.21. The zero-order valence-electron chi connectivity index (χ0n) is 12.3. The Morgan fingerprint density at radius 2 is 2.10 bits per heavy atom. The molecule has 2 nitrogen and oxygen atoms in total. The van der Waals surface area contributed by atoms with Gasteiger partial charge in [0.05, 0.1) is 0 Å². The summed E-state index contributed by atoms with van der Waals surface area (Å²) in [5.74, 6) is 0.576. The highest BCUT2D eigenvalue weighted by Crippen LogP contribution is 2.21. The van der Waals surface area contributed by atoms with Gasteiger partial charge in [-0.2, -0.15) is 0 Å². The number of benzene rings is 1. The summed E-state index contributed by atoms with van der Waals surface area (Å²) in [5, 5.41) is 0. The van der Waals surface area contributed by atoms with Crippen molar-refractivity contribution in [2.45, 2.75) is 39.0 Å². The molecule has 0 N–H and O–H groups in total. The van der Waals surface area contributed by atoms with Crippen molar-refractivity contribution < 1.29 is 9.18 Å². The first-order chi connectivity index (χ1) is 9.69. The molecule has 3 heteroatoms. The van der Waals surface area contributed by atoms with E-state index in [1.165, 1.54) is 37.8 Å². The van der Waals surface area contributed by atoms with Crippen LogP contribution in [0.25, 0.3) is 0 Å². The molecule has 1 aromatic carbocycles. The predicted molar refractivity (Wildman–Crippen MR) is 79.4 cm³/mol. The van der Waals surface area contributed by atoms with Crippen LogP contribution < -0.4 is 0 Å². The molecule has 1 saturated heterocycles. The van der Waals surface area contributed by atoms with Crippen molar-refractivity contribution in [1.29, 1.82) is 0 Å². The fourth-order valence-electron chi connectivity index (χ4n) is 2.97. The summed E-state index contributed by atoms with van der Waals surface area (Å²) in [6, 6.07) is 5.99. The Morgan fingerprint density at radius 1 is 1.35 bits per heavy atom. The minimum absolute atomic E-state index is 0.0418. The summed E-state index contributed by atoms with van der Waals surface area (Å²) in [6.07, 6.45) is 5.59. The van der Waals surface area contributed by atoms with Gasteiger partial charge in [-0.1, -0.05) is 31.9 Å². The highest BCUT2D eigenvalue weighted by Gasteiger charge is 2.19. The van der Waals surface area contributed by atoms with Gasteiger partial charge in [0.1, 0.15) is 5.82 Å². The standard InChI is InChI=1S/C17H24FNO/c1-2-4-14-7-10-19(11-8-14)12-9-17(20)15-5-3-6-16(18)13-15/h3,5-6,13-14H,2,4,7-12H2,1H3. The van der Waals surface area contributed by atoms with Crippen molar-refractivity contribution in [1.82, 2.24) is 4.90 Å². The van der Waals surface area contributed by atoms with Crippen molar-refractivity contribution in [3.05, 3.63) is 35.6 Å². The maximum atomic E-state index is 13.1. The lowest BCUT2D eigenvalue weighted by molar-refractivity contribution is 0.0949. The summed E-state index contributed by atoms with van der Waals surface area (Å²) in [6.45, 7) is 5.24. The largest absolute Gasteiger partial charge is 0.303 e. The summed E-state index contributed by atoms with van der Waals surface area (Å²) in [5.41, 5.74) is 0.492. The van der Waals surface area contributed by atoms with E-state index in [2.05, 4.69) is 11.8 Å². The molecule has 0 radical (unpaired) electrons. The molecule has 0 atom stereocenters. The number of hydrogen-bond acceptors (Lipinski definition) is 2. The van der Waals surface area contributed by atoms with Gasteiger partial charge in [-0.15, -0.1) is 0 Å². The monoisotopic (exact) mass is 277 g/mol. The number of carbonyl (C=O) groups excluding carboxylic acids is 1. The second kappa shape index (κ2) is 7.53. The number of piperidine rings is 1. The number of likely N-dealkylation sites (tertiary alicyclic amines) is 1. The Balaban J connectivity index is 1.74. The van der Waals surface area contributed by atoms with E-state index >= 15 is 0 Å². The van der Waals surface area contributed by atoms with E-state index in [4.69, 9.17) is 0 Å². The molecule has 0 bridgehead atoms. The van der Waals surface area contributed by atoms with Crippen LogP contribution in [0, 0.1) is 11.7 Å². The molecule has 2 rings (SSSR count). The second-order valence-electron chi connectivity index (χ2n) is 5.76. The van der Waals surface area contributed by atoms with E-state index in [0.717, 1.165) is 25.6 Å². The quantitative estimate of drug-likeness (QED) is 0.735. The SMILES string of the molecule is CCCC1CCN(CCC(=O)c2cccc(F)c2)CC1. The number of rotatable bonds is 6. The fourth-order valence-corrected chi connectivity index (χ4v) is 2.97. The number of ketones is 1. The predicted octanol–water partition coefficient (Wildman–Crippen LogP) is 3.91. The molecule has 0 amide bonds. The van der Waals surface area contributed by atoms with Gasteiger partial charge in [0, 0.05) is 18.5 Å². The zero-order chi connectivity index (χ0) is 14.4. The van der Waals surface area contributed by atoms with E-state index < -0.39 is 0 Å². The van der Waals surface area contributed by atoms with Crippen molar-refractivity contribution in [2.75, 3.05) is 19.6 Å². The molecule has 20 heavy (non-hydrogen) atoms. The first-order valence-corrected chi connectivity index (χ1v) is 7.70. The number of carbonyl (C=O) groups is 1. The van der Waals surface area contributed by atoms with Crippen LogP contribution >= 0.6 is 0 Å². The molecule has 0 aromatic heterocycles. The maximum Gasteiger partial charge on any atom is 0.164 e. The first kappa shape index (κ1) is 15.2. The van der Waals surface area contributed by atoms with Crippen LogP contribution in [0.1, 0.15) is 49.4 Å². The summed E-state index contributed by atoms with van der Waals surface area (Å²) in [7, 11) is 0. The van der Waals surface area contributed by atoms with Crippen molar-refractivity contribution in [2.24, 2.45) is 5.92 Å². The Bertz CT molecular complexity index is 438. The molecule has 0 unspecified atom stereocenters. The smallest absolute Gasteiger partial charge is 0.164 e. The zero-order valence-corrected chi connectivity index (χ0v) is 12.3. The van der Waals surface area contributed by atoms with Crippen LogP contribution in [0.5, 0.6) is 0 Å². The third kappa shape index (κ3) is 4.41. The molecular weight excluding hydrogens is 253 g/mol. The van der Waals surface area contributed by atoms with Gasteiger partial charge in [-0.25, -0.2) is 4.39 Å². The van der Waals surface area contributed by atoms with Crippen LogP contribution in [-0.4, -0.2) is 30.3 Å². The number of nitrogens with zero attached hydrogens (tertiary/aromatic N) is 1. The Kier molecular flexibility index (Phi) is 5.72. The van der Waals surface area contributed by atoms with Crippen LogP contribution in [0.3, 0.4) is 0 Å². The fraction of sp³-hybridized carbons (Fsp3) is 0.588. The summed E-state index contributed by atoms with van der Waals surface area (Å²) in [4.78, 5) is 14.4. The van der Waals surface area contributed by atoms with Gasteiger partial charge in [-0.3, -0.25) is 4.79 Å². The Labute approximate surface area is 121 Å². The van der Waals surface area contributed by atoms with Gasteiger partial charge in [0.2, 0.25) is 0 Å². The van der Waals surface area contributed by atoms with Crippen molar-refractivity contribution >= 4 is 5.78 Å². The molecule has 110 valence electrons. The number of hydrogen-bond donors (Lipinski definition) is 0. The Morgan fingerprint density at radius 3 is 2.75 bits per heavy atom. The minimum atomic E-state index is -0.337. The normalized spacial score (nSPS) is 17.3. The molecule has 0 spiro atoms. The highest BCUT2D eigenvalue weighted by molar-refractivity contribution is 5.96. The van der Waals surface area contributed by atoms with Crippen LogP contribution in [0.2, 0.25) is 0 Å². The van der Waals surface area contributed by atoms with Crippen LogP contribution in [0.4, 0.5) is 4.39 Å². The van der Waals surface area contributed by atoms with Gasteiger partial charge in [0.25, 0.3) is 0 Å². The maximum absolute atomic E-state index is 13.1. The molecule has 1 aromatic rings. The van der Waals surface area contributed by atoms with Gasteiger partial charge >= 0.3 is 0 Å². The third-order valence-electron chi connectivity index (χ3n) is 4.21. The van der Waals surface area contributed by atoms with Crippen molar-refractivity contribution in [3.63, 3.8) is 0 Å². The molecule has 0 saturated carbocycles. The lowest BCUT2D eigenvalue weighted by Gasteiger charge is -2.31. The van der Waals surface area contributed by atoms with E-state index in [1.807, 2.05) is 0 Å². The molecule has 1 heterocycles. The summed E-state index contributed by atoms with van der Waals surface area (Å²) >= 11 is 0. The van der Waals surface area contributed by atoms with E-state index in [9.17, 15) is 9.18 Å². The van der Waals surface area contributed by atoms with Gasteiger partial charge in [0.15, 0.2) is 5.78 Å².